The van der Waals surface area contributed by atoms with Crippen LogP contribution in [0, 0.1) is 6.92 Å². The first-order valence-corrected chi connectivity index (χ1v) is 4.00. The van der Waals surface area contributed by atoms with Crippen molar-refractivity contribution in [3.63, 3.8) is 0 Å². The highest BCUT2D eigenvalue weighted by atomic mass is 16.1. The third kappa shape index (κ3) is 3.23. The summed E-state index contributed by atoms with van der Waals surface area (Å²) in [6.07, 6.45) is 3.06. The van der Waals surface area contributed by atoms with Gasteiger partial charge in [0.1, 0.15) is 5.82 Å². The van der Waals surface area contributed by atoms with Crippen molar-refractivity contribution in [3.05, 3.63) is 23.8 Å². The second kappa shape index (κ2) is 5.41. The Morgan fingerprint density at radius 2 is 1.67 bits per heavy atom. The van der Waals surface area contributed by atoms with Crippen LogP contribution in [0.15, 0.2) is 12.4 Å². The van der Waals surface area contributed by atoms with Crippen LogP contribution < -0.4 is 0 Å². The molecule has 0 atom stereocenters. The van der Waals surface area contributed by atoms with Crippen LogP contribution in [0.1, 0.15) is 37.0 Å². The zero-order valence-electron chi connectivity index (χ0n) is 7.96. The highest BCUT2D eigenvalue weighted by molar-refractivity contribution is 5.93. The molecule has 1 heterocycles. The van der Waals surface area contributed by atoms with E-state index in [-0.39, 0.29) is 5.78 Å². The lowest BCUT2D eigenvalue weighted by Crippen LogP contribution is -1.95. The van der Waals surface area contributed by atoms with Gasteiger partial charge in [0, 0.05) is 12.4 Å². The van der Waals surface area contributed by atoms with Crippen molar-refractivity contribution < 1.29 is 4.79 Å². The Morgan fingerprint density at radius 3 is 2.00 bits per heavy atom. The molecule has 1 aromatic rings. The fourth-order valence-electron chi connectivity index (χ4n) is 0.574. The molecule has 0 spiro atoms. The van der Waals surface area contributed by atoms with Gasteiger partial charge in [0.15, 0.2) is 5.78 Å². The normalized spacial score (nSPS) is 8.33. The van der Waals surface area contributed by atoms with Crippen LogP contribution in [-0.2, 0) is 0 Å². The van der Waals surface area contributed by atoms with E-state index in [4.69, 9.17) is 0 Å². The molecular formula is C9H14N2O. The predicted molar refractivity (Wildman–Crippen MR) is 48.1 cm³/mol. The van der Waals surface area contributed by atoms with Crippen molar-refractivity contribution in [1.29, 1.82) is 0 Å². The van der Waals surface area contributed by atoms with E-state index in [1.165, 1.54) is 19.3 Å². The second-order valence-corrected chi connectivity index (χ2v) is 2.08. The fourth-order valence-corrected chi connectivity index (χ4v) is 0.574. The van der Waals surface area contributed by atoms with Gasteiger partial charge in [-0.2, -0.15) is 0 Å². The Balaban J connectivity index is 0.000000561. The third-order valence-corrected chi connectivity index (χ3v) is 1.19. The minimum Gasteiger partial charge on any atom is -0.294 e. The van der Waals surface area contributed by atoms with Gasteiger partial charge in [0.2, 0.25) is 0 Å². The number of aromatic nitrogens is 2. The minimum absolute atomic E-state index is 0.000000000000000444. The summed E-state index contributed by atoms with van der Waals surface area (Å²) in [4.78, 5) is 18.4. The summed E-state index contributed by atoms with van der Waals surface area (Å²) in [5, 5.41) is 0. The van der Waals surface area contributed by atoms with E-state index in [0.717, 1.165) is 0 Å². The van der Waals surface area contributed by atoms with Crippen LogP contribution in [0.4, 0.5) is 0 Å². The van der Waals surface area contributed by atoms with E-state index >= 15 is 0 Å². The second-order valence-electron chi connectivity index (χ2n) is 2.08. The van der Waals surface area contributed by atoms with Crippen LogP contribution >= 0.6 is 0 Å². The highest BCUT2D eigenvalue weighted by Gasteiger charge is 1.97. The summed E-state index contributed by atoms with van der Waals surface area (Å²) in [5.74, 6) is 0.685. The Morgan fingerprint density at radius 1 is 1.25 bits per heavy atom. The highest BCUT2D eigenvalue weighted by Crippen LogP contribution is 1.95. The van der Waals surface area contributed by atoms with E-state index in [9.17, 15) is 4.79 Å². The van der Waals surface area contributed by atoms with Crippen LogP contribution in [0.25, 0.3) is 0 Å². The van der Waals surface area contributed by atoms with E-state index in [0.29, 0.717) is 11.4 Å². The topological polar surface area (TPSA) is 42.9 Å². The lowest BCUT2D eigenvalue weighted by Gasteiger charge is -1.92. The zero-order valence-corrected chi connectivity index (χ0v) is 7.96. The molecule has 0 saturated carbocycles. The number of hydrogen-bond donors (Lipinski definition) is 0. The average Bonchev–Trinajstić information content (AvgIpc) is 2.09. The Hall–Kier alpha value is -1.25. The largest absolute Gasteiger partial charge is 0.294 e. The number of Topliss-reactive ketones (excluding diaryl/α,β-unsaturated/α-hetero) is 1. The van der Waals surface area contributed by atoms with E-state index in [1.54, 1.807) is 6.92 Å². The molecular weight excluding hydrogens is 152 g/mol. The SMILES string of the molecule is CC.CC(=O)c1cnc(C)nc1. The molecule has 0 aliphatic carbocycles. The summed E-state index contributed by atoms with van der Waals surface area (Å²) in [6.45, 7) is 7.28. The lowest BCUT2D eigenvalue weighted by molar-refractivity contribution is 0.101. The molecule has 0 aliphatic rings. The molecule has 0 fully saturated rings. The van der Waals surface area contributed by atoms with Gasteiger partial charge >= 0.3 is 0 Å². The molecule has 0 saturated heterocycles. The number of carbonyl (C=O) groups is 1. The molecule has 3 nitrogen and oxygen atoms in total. The first-order chi connectivity index (χ1) is 5.70. The number of nitrogens with zero attached hydrogens (tertiary/aromatic N) is 2. The van der Waals surface area contributed by atoms with Crippen molar-refractivity contribution in [1.82, 2.24) is 9.97 Å². The average molecular weight is 166 g/mol. The minimum atomic E-state index is 0.000000000000000444. The van der Waals surface area contributed by atoms with Gasteiger partial charge in [-0.25, -0.2) is 9.97 Å². The van der Waals surface area contributed by atoms with Gasteiger partial charge in [0.25, 0.3) is 0 Å². The van der Waals surface area contributed by atoms with E-state index in [1.807, 2.05) is 13.8 Å². The fraction of sp³-hybridized carbons (Fsp3) is 0.444. The molecule has 66 valence electrons. The number of carbonyl (C=O) groups excluding carboxylic acids is 1. The molecule has 0 aromatic carbocycles. The summed E-state index contributed by atoms with van der Waals surface area (Å²) >= 11 is 0. The van der Waals surface area contributed by atoms with Crippen LogP contribution in [0.2, 0.25) is 0 Å². The molecule has 0 bridgehead atoms. The number of rotatable bonds is 1. The standard InChI is InChI=1S/C7H8N2O.C2H6/c1-5(10)7-3-8-6(2)9-4-7;1-2/h3-4H,1-2H3;1-2H3. The molecule has 1 rings (SSSR count). The molecule has 0 unspecified atom stereocenters. The molecule has 0 N–H and O–H groups in total. The quantitative estimate of drug-likeness (QED) is 0.599. The first-order valence-electron chi connectivity index (χ1n) is 4.00. The first kappa shape index (κ1) is 10.8. The van der Waals surface area contributed by atoms with Crippen molar-refractivity contribution in [2.45, 2.75) is 27.7 Å². The monoisotopic (exact) mass is 166 g/mol. The molecule has 0 amide bonds. The predicted octanol–water partition coefficient (Wildman–Crippen LogP) is 2.01. The smallest absolute Gasteiger partial charge is 0.162 e. The molecule has 1 aromatic heterocycles. The summed E-state index contributed by atoms with van der Waals surface area (Å²) < 4.78 is 0. The number of ketones is 1. The molecule has 12 heavy (non-hydrogen) atoms. The summed E-state index contributed by atoms with van der Waals surface area (Å²) in [6, 6.07) is 0. The van der Waals surface area contributed by atoms with Gasteiger partial charge in [-0.1, -0.05) is 13.8 Å². The Bertz CT molecular complexity index is 241. The maximum atomic E-state index is 10.7. The van der Waals surface area contributed by atoms with Gasteiger partial charge in [-0.05, 0) is 13.8 Å². The van der Waals surface area contributed by atoms with E-state index < -0.39 is 0 Å². The van der Waals surface area contributed by atoms with E-state index in [2.05, 4.69) is 9.97 Å². The molecule has 0 aliphatic heterocycles. The van der Waals surface area contributed by atoms with Gasteiger partial charge in [-0.15, -0.1) is 0 Å². The van der Waals surface area contributed by atoms with Gasteiger partial charge < -0.3 is 0 Å². The van der Waals surface area contributed by atoms with Crippen molar-refractivity contribution >= 4 is 5.78 Å². The van der Waals surface area contributed by atoms with Crippen molar-refractivity contribution in [2.75, 3.05) is 0 Å². The Labute approximate surface area is 72.9 Å². The Kier molecular flexibility index (Phi) is 4.84. The van der Waals surface area contributed by atoms with Gasteiger partial charge in [-0.3, -0.25) is 4.79 Å². The number of hydrogen-bond acceptors (Lipinski definition) is 3. The third-order valence-electron chi connectivity index (χ3n) is 1.19. The van der Waals surface area contributed by atoms with Crippen LogP contribution in [-0.4, -0.2) is 15.8 Å². The van der Waals surface area contributed by atoms with Crippen LogP contribution in [0.5, 0.6) is 0 Å². The maximum Gasteiger partial charge on any atom is 0.162 e. The van der Waals surface area contributed by atoms with Crippen LogP contribution in [0.3, 0.4) is 0 Å². The summed E-state index contributed by atoms with van der Waals surface area (Å²) in [7, 11) is 0. The molecule has 3 heteroatoms. The molecule has 0 radical (unpaired) electrons. The lowest BCUT2D eigenvalue weighted by atomic mass is 10.2. The van der Waals surface area contributed by atoms with Gasteiger partial charge in [0.05, 0.1) is 5.56 Å². The van der Waals surface area contributed by atoms with Crippen molar-refractivity contribution in [2.24, 2.45) is 0 Å². The summed E-state index contributed by atoms with van der Waals surface area (Å²) in [5.41, 5.74) is 0.561. The zero-order chi connectivity index (χ0) is 9.56. The maximum absolute atomic E-state index is 10.7. The number of aryl methyl sites for hydroxylation is 1. The van der Waals surface area contributed by atoms with Crippen molar-refractivity contribution in [3.8, 4) is 0 Å².